The summed E-state index contributed by atoms with van der Waals surface area (Å²) in [6, 6.07) is 15.3. The Labute approximate surface area is 107 Å². The van der Waals surface area contributed by atoms with Gasteiger partial charge in [-0.05, 0) is 42.5 Å². The Bertz CT molecular complexity index is 544. The molecule has 0 heterocycles. The molecule has 2 heteroatoms. The molecule has 1 aliphatic carbocycles. The SMILES string of the molecule is Oc1cccc(-c2ccccc2OCC2CC2)c1. The monoisotopic (exact) mass is 240 g/mol. The topological polar surface area (TPSA) is 29.5 Å². The number of benzene rings is 2. The van der Waals surface area contributed by atoms with Crippen LogP contribution in [0, 0.1) is 5.92 Å². The number of ether oxygens (including phenoxy) is 1. The summed E-state index contributed by atoms with van der Waals surface area (Å²) in [5, 5.41) is 9.55. The van der Waals surface area contributed by atoms with Gasteiger partial charge < -0.3 is 9.84 Å². The second-order valence-electron chi connectivity index (χ2n) is 4.80. The maximum Gasteiger partial charge on any atom is 0.127 e. The van der Waals surface area contributed by atoms with Crippen LogP contribution in [0.25, 0.3) is 11.1 Å². The van der Waals surface area contributed by atoms with Gasteiger partial charge in [0.25, 0.3) is 0 Å². The van der Waals surface area contributed by atoms with Gasteiger partial charge in [0.05, 0.1) is 6.61 Å². The second kappa shape index (κ2) is 4.73. The summed E-state index contributed by atoms with van der Waals surface area (Å²) in [5.41, 5.74) is 2.02. The molecule has 0 saturated heterocycles. The van der Waals surface area contributed by atoms with Crippen molar-refractivity contribution in [2.24, 2.45) is 5.92 Å². The minimum atomic E-state index is 0.282. The van der Waals surface area contributed by atoms with Gasteiger partial charge in [0, 0.05) is 5.56 Å². The van der Waals surface area contributed by atoms with Crippen LogP contribution in [0.5, 0.6) is 11.5 Å². The van der Waals surface area contributed by atoms with Crippen LogP contribution >= 0.6 is 0 Å². The predicted octanol–water partition coefficient (Wildman–Crippen LogP) is 3.85. The molecule has 0 unspecified atom stereocenters. The standard InChI is InChI=1S/C16H16O2/c17-14-5-3-4-13(10-14)15-6-1-2-7-16(15)18-11-12-8-9-12/h1-7,10,12,17H,8-9,11H2. The van der Waals surface area contributed by atoms with E-state index in [-0.39, 0.29) is 5.75 Å². The largest absolute Gasteiger partial charge is 0.508 e. The van der Waals surface area contributed by atoms with Gasteiger partial charge in [-0.15, -0.1) is 0 Å². The molecule has 3 rings (SSSR count). The van der Waals surface area contributed by atoms with Crippen LogP contribution in [0.3, 0.4) is 0 Å². The number of rotatable bonds is 4. The summed E-state index contributed by atoms with van der Waals surface area (Å²) < 4.78 is 5.87. The lowest BCUT2D eigenvalue weighted by molar-refractivity contribution is 0.301. The van der Waals surface area contributed by atoms with Crippen molar-refractivity contribution >= 4 is 0 Å². The zero-order valence-corrected chi connectivity index (χ0v) is 10.2. The van der Waals surface area contributed by atoms with E-state index >= 15 is 0 Å². The zero-order valence-electron chi connectivity index (χ0n) is 10.2. The van der Waals surface area contributed by atoms with E-state index in [1.807, 2.05) is 36.4 Å². The number of phenolic OH excluding ortho intramolecular Hbond substituents is 1. The van der Waals surface area contributed by atoms with Gasteiger partial charge >= 0.3 is 0 Å². The molecule has 1 aliphatic rings. The average Bonchev–Trinajstić information content (AvgIpc) is 3.21. The molecule has 92 valence electrons. The first-order chi connectivity index (χ1) is 8.83. The number of aromatic hydroxyl groups is 1. The average molecular weight is 240 g/mol. The minimum absolute atomic E-state index is 0.282. The summed E-state index contributed by atoms with van der Waals surface area (Å²) in [4.78, 5) is 0. The van der Waals surface area contributed by atoms with Crippen molar-refractivity contribution in [3.05, 3.63) is 48.5 Å². The second-order valence-corrected chi connectivity index (χ2v) is 4.80. The van der Waals surface area contributed by atoms with Gasteiger partial charge in [0.15, 0.2) is 0 Å². The lowest BCUT2D eigenvalue weighted by Crippen LogP contribution is -2.00. The Morgan fingerprint density at radius 3 is 2.67 bits per heavy atom. The number of hydrogen-bond donors (Lipinski definition) is 1. The zero-order chi connectivity index (χ0) is 12.4. The molecule has 0 radical (unpaired) electrons. The summed E-state index contributed by atoms with van der Waals surface area (Å²) in [6.07, 6.45) is 2.57. The summed E-state index contributed by atoms with van der Waals surface area (Å²) in [7, 11) is 0. The predicted molar refractivity (Wildman–Crippen MR) is 71.8 cm³/mol. The van der Waals surface area contributed by atoms with E-state index < -0.39 is 0 Å². The van der Waals surface area contributed by atoms with Crippen LogP contribution < -0.4 is 4.74 Å². The molecule has 2 nitrogen and oxygen atoms in total. The molecule has 0 atom stereocenters. The van der Waals surface area contributed by atoms with Gasteiger partial charge in [0.1, 0.15) is 11.5 Å². The van der Waals surface area contributed by atoms with Crippen molar-refractivity contribution in [1.29, 1.82) is 0 Å². The van der Waals surface area contributed by atoms with E-state index in [2.05, 4.69) is 0 Å². The van der Waals surface area contributed by atoms with Crippen molar-refractivity contribution in [2.75, 3.05) is 6.61 Å². The molecule has 1 saturated carbocycles. The summed E-state index contributed by atoms with van der Waals surface area (Å²) >= 11 is 0. The van der Waals surface area contributed by atoms with Gasteiger partial charge in [-0.1, -0.05) is 30.3 Å². The Morgan fingerprint density at radius 2 is 1.89 bits per heavy atom. The number of para-hydroxylation sites is 1. The van der Waals surface area contributed by atoms with Gasteiger partial charge in [0.2, 0.25) is 0 Å². The van der Waals surface area contributed by atoms with Crippen molar-refractivity contribution in [3.8, 4) is 22.6 Å². The fourth-order valence-electron chi connectivity index (χ4n) is 2.00. The first-order valence-corrected chi connectivity index (χ1v) is 6.34. The molecule has 0 aromatic heterocycles. The third-order valence-electron chi connectivity index (χ3n) is 3.22. The van der Waals surface area contributed by atoms with E-state index in [9.17, 15) is 5.11 Å². The molecule has 0 bridgehead atoms. The van der Waals surface area contributed by atoms with Crippen molar-refractivity contribution in [2.45, 2.75) is 12.8 Å². The molecule has 1 fully saturated rings. The molecule has 1 N–H and O–H groups in total. The molecule has 18 heavy (non-hydrogen) atoms. The Kier molecular flexibility index (Phi) is 2.93. The van der Waals surface area contributed by atoms with Gasteiger partial charge in [-0.3, -0.25) is 0 Å². The van der Waals surface area contributed by atoms with E-state index in [0.29, 0.717) is 0 Å². The molecular weight excluding hydrogens is 224 g/mol. The third kappa shape index (κ3) is 2.48. The van der Waals surface area contributed by atoms with E-state index in [0.717, 1.165) is 29.4 Å². The molecular formula is C16H16O2. The highest BCUT2D eigenvalue weighted by Crippen LogP contribution is 2.34. The normalized spacial score (nSPS) is 14.4. The van der Waals surface area contributed by atoms with Crippen LogP contribution in [0.1, 0.15) is 12.8 Å². The highest BCUT2D eigenvalue weighted by molar-refractivity contribution is 5.71. The smallest absolute Gasteiger partial charge is 0.127 e. The van der Waals surface area contributed by atoms with Crippen LogP contribution in [0.15, 0.2) is 48.5 Å². The van der Waals surface area contributed by atoms with E-state index in [1.165, 1.54) is 12.8 Å². The Balaban J connectivity index is 1.89. The first-order valence-electron chi connectivity index (χ1n) is 6.34. The van der Waals surface area contributed by atoms with Gasteiger partial charge in [-0.25, -0.2) is 0 Å². The lowest BCUT2D eigenvalue weighted by Gasteiger charge is -2.11. The van der Waals surface area contributed by atoms with Crippen LogP contribution in [-0.2, 0) is 0 Å². The first kappa shape index (κ1) is 11.1. The third-order valence-corrected chi connectivity index (χ3v) is 3.22. The van der Waals surface area contributed by atoms with Crippen molar-refractivity contribution in [3.63, 3.8) is 0 Å². The molecule has 0 aliphatic heterocycles. The molecule has 2 aromatic carbocycles. The molecule has 2 aromatic rings. The highest BCUT2D eigenvalue weighted by atomic mass is 16.5. The summed E-state index contributed by atoms with van der Waals surface area (Å²) in [6.45, 7) is 0.801. The number of phenols is 1. The maximum absolute atomic E-state index is 9.55. The van der Waals surface area contributed by atoms with E-state index in [1.54, 1.807) is 12.1 Å². The van der Waals surface area contributed by atoms with Crippen LogP contribution in [-0.4, -0.2) is 11.7 Å². The molecule has 0 spiro atoms. The molecule has 0 amide bonds. The number of hydrogen-bond acceptors (Lipinski definition) is 2. The Morgan fingerprint density at radius 1 is 1.06 bits per heavy atom. The van der Waals surface area contributed by atoms with Crippen LogP contribution in [0.2, 0.25) is 0 Å². The lowest BCUT2D eigenvalue weighted by atomic mass is 10.0. The summed E-state index contributed by atoms with van der Waals surface area (Å²) in [5.74, 6) is 1.92. The van der Waals surface area contributed by atoms with Gasteiger partial charge in [-0.2, -0.15) is 0 Å². The highest BCUT2D eigenvalue weighted by Gasteiger charge is 2.22. The minimum Gasteiger partial charge on any atom is -0.508 e. The Hall–Kier alpha value is -1.96. The van der Waals surface area contributed by atoms with Crippen molar-refractivity contribution in [1.82, 2.24) is 0 Å². The van der Waals surface area contributed by atoms with Crippen LogP contribution in [0.4, 0.5) is 0 Å². The maximum atomic E-state index is 9.55. The van der Waals surface area contributed by atoms with Crippen molar-refractivity contribution < 1.29 is 9.84 Å². The fourth-order valence-corrected chi connectivity index (χ4v) is 2.00. The fraction of sp³-hybridized carbons (Fsp3) is 0.250. The van der Waals surface area contributed by atoms with E-state index in [4.69, 9.17) is 4.74 Å². The quantitative estimate of drug-likeness (QED) is 0.879.